The molecule has 0 bridgehead atoms. The Morgan fingerprint density at radius 3 is 2.59 bits per heavy atom. The van der Waals surface area contributed by atoms with Gasteiger partial charge in [-0.05, 0) is 40.4 Å². The van der Waals surface area contributed by atoms with Crippen LogP contribution in [-0.2, 0) is 24.3 Å². The van der Waals surface area contributed by atoms with Crippen LogP contribution in [0.1, 0.15) is 26.9 Å². The summed E-state index contributed by atoms with van der Waals surface area (Å²) in [6.07, 6.45) is 2.27. The van der Waals surface area contributed by atoms with Gasteiger partial charge < -0.3 is 4.90 Å². The van der Waals surface area contributed by atoms with Crippen LogP contribution in [0.5, 0.6) is 0 Å². The van der Waals surface area contributed by atoms with E-state index < -0.39 is 11.2 Å². The number of aromatic nitrogens is 2. The van der Waals surface area contributed by atoms with E-state index in [1.54, 1.807) is 27.6 Å². The molecule has 5 rings (SSSR count). The molecule has 0 N–H and O–H groups in total. The summed E-state index contributed by atoms with van der Waals surface area (Å²) in [4.78, 5) is 43.1. The van der Waals surface area contributed by atoms with Crippen LogP contribution in [0.2, 0.25) is 0 Å². The van der Waals surface area contributed by atoms with E-state index in [2.05, 4.69) is 11.4 Å². The van der Waals surface area contributed by atoms with Gasteiger partial charge >= 0.3 is 5.69 Å². The monoisotopic (exact) mass is 463 g/mol. The zero-order valence-corrected chi connectivity index (χ0v) is 18.8. The van der Waals surface area contributed by atoms with Gasteiger partial charge in [-0.2, -0.15) is 0 Å². The lowest BCUT2D eigenvalue weighted by atomic mass is 9.98. The van der Waals surface area contributed by atoms with Crippen molar-refractivity contribution < 1.29 is 4.79 Å². The average molecular weight is 464 g/mol. The van der Waals surface area contributed by atoms with Crippen LogP contribution < -0.4 is 11.2 Å². The molecule has 1 amide bonds. The molecule has 1 aliphatic heterocycles. The Kier molecular flexibility index (Phi) is 5.63. The third-order valence-corrected chi connectivity index (χ3v) is 7.65. The van der Waals surface area contributed by atoms with Gasteiger partial charge in [-0.3, -0.25) is 18.7 Å². The molecule has 4 aromatic rings. The van der Waals surface area contributed by atoms with Crippen molar-refractivity contribution in [3.05, 3.63) is 113 Å². The van der Waals surface area contributed by atoms with Crippen molar-refractivity contribution in [1.29, 1.82) is 0 Å². The fraction of sp³-hybridized carbons (Fsp3) is 0.208. The predicted octanol–water partition coefficient (Wildman–Crippen LogP) is 3.36. The number of benzene rings is 1. The van der Waals surface area contributed by atoms with Crippen molar-refractivity contribution in [3.8, 4) is 0 Å². The summed E-state index contributed by atoms with van der Waals surface area (Å²) in [5.74, 6) is -0.225. The molecule has 1 aromatic carbocycles. The van der Waals surface area contributed by atoms with Crippen molar-refractivity contribution in [2.45, 2.75) is 25.6 Å². The van der Waals surface area contributed by atoms with Crippen molar-refractivity contribution in [3.63, 3.8) is 0 Å². The minimum Gasteiger partial charge on any atom is -0.329 e. The van der Waals surface area contributed by atoms with E-state index >= 15 is 0 Å². The third kappa shape index (κ3) is 3.87. The first-order chi connectivity index (χ1) is 15.6. The maximum Gasteiger partial charge on any atom is 0.331 e. The molecule has 162 valence electrons. The Balaban J connectivity index is 1.45. The smallest absolute Gasteiger partial charge is 0.329 e. The van der Waals surface area contributed by atoms with Crippen LogP contribution in [-0.4, -0.2) is 26.5 Å². The molecule has 0 aliphatic carbocycles. The molecule has 8 heteroatoms. The van der Waals surface area contributed by atoms with Crippen molar-refractivity contribution >= 4 is 28.6 Å². The highest BCUT2D eigenvalue weighted by Crippen LogP contribution is 2.39. The second kappa shape index (κ2) is 8.72. The summed E-state index contributed by atoms with van der Waals surface area (Å²) in [7, 11) is 0. The Hall–Kier alpha value is -3.23. The summed E-state index contributed by atoms with van der Waals surface area (Å²) in [6.45, 7) is 0.636. The predicted molar refractivity (Wildman–Crippen MR) is 126 cm³/mol. The molecule has 0 radical (unpaired) electrons. The quantitative estimate of drug-likeness (QED) is 0.456. The number of hydrogen-bond acceptors (Lipinski definition) is 5. The Morgan fingerprint density at radius 1 is 0.969 bits per heavy atom. The second-order valence-corrected chi connectivity index (χ2v) is 9.67. The molecule has 32 heavy (non-hydrogen) atoms. The summed E-state index contributed by atoms with van der Waals surface area (Å²) in [5, 5.41) is 4.06. The number of thiophene rings is 2. The highest BCUT2D eigenvalue weighted by molar-refractivity contribution is 7.10. The molecule has 0 saturated heterocycles. The summed E-state index contributed by atoms with van der Waals surface area (Å²) < 4.78 is 2.51. The average Bonchev–Trinajstić information content (AvgIpc) is 3.50. The largest absolute Gasteiger partial charge is 0.331 e. The molecular formula is C24H21N3O3S2. The highest BCUT2D eigenvalue weighted by Gasteiger charge is 2.33. The summed E-state index contributed by atoms with van der Waals surface area (Å²) in [5.41, 5.74) is 1.15. The maximum atomic E-state index is 13.4. The van der Waals surface area contributed by atoms with E-state index in [0.29, 0.717) is 13.1 Å². The molecule has 1 atom stereocenters. The van der Waals surface area contributed by atoms with E-state index in [-0.39, 0.29) is 18.5 Å². The number of amides is 1. The van der Waals surface area contributed by atoms with E-state index in [9.17, 15) is 14.4 Å². The van der Waals surface area contributed by atoms with Crippen molar-refractivity contribution in [1.82, 2.24) is 14.0 Å². The van der Waals surface area contributed by atoms with Crippen LogP contribution in [0.4, 0.5) is 0 Å². The number of hydrogen-bond donors (Lipinski definition) is 0. The van der Waals surface area contributed by atoms with E-state index in [1.165, 1.54) is 21.7 Å². The molecule has 1 aliphatic rings. The molecule has 0 fully saturated rings. The SMILES string of the molecule is O=C(Cn1c(=O)ccn(Cc2ccccc2)c1=O)N1CCc2sccc2C1c1cccs1. The van der Waals surface area contributed by atoms with Gasteiger partial charge in [0.1, 0.15) is 6.54 Å². The number of nitrogens with zero attached hydrogens (tertiary/aromatic N) is 3. The minimum absolute atomic E-state index is 0.177. The van der Waals surface area contributed by atoms with Gasteiger partial charge in [-0.1, -0.05) is 36.4 Å². The van der Waals surface area contributed by atoms with Gasteiger partial charge in [0.25, 0.3) is 5.56 Å². The lowest BCUT2D eigenvalue weighted by Gasteiger charge is -2.35. The lowest BCUT2D eigenvalue weighted by molar-refractivity contribution is -0.134. The van der Waals surface area contributed by atoms with Gasteiger partial charge in [-0.25, -0.2) is 4.79 Å². The van der Waals surface area contributed by atoms with Gasteiger partial charge in [0.2, 0.25) is 5.91 Å². The van der Waals surface area contributed by atoms with Crippen LogP contribution in [0.25, 0.3) is 0 Å². The standard InChI is InChI=1S/C24H21N3O3S2/c28-21-9-11-25(15-17-5-2-1-3-6-17)24(30)27(21)16-22(29)26-12-8-19-18(10-14-32-19)23(26)20-7-4-13-31-20/h1-7,9-11,13-14,23H,8,12,15-16H2. The molecule has 3 aromatic heterocycles. The molecule has 6 nitrogen and oxygen atoms in total. The number of rotatable bonds is 5. The summed E-state index contributed by atoms with van der Waals surface area (Å²) in [6, 6.07) is 16.8. The lowest BCUT2D eigenvalue weighted by Crippen LogP contribution is -2.46. The minimum atomic E-state index is -0.476. The van der Waals surface area contributed by atoms with Crippen molar-refractivity contribution in [2.24, 2.45) is 0 Å². The normalized spacial score (nSPS) is 15.5. The van der Waals surface area contributed by atoms with E-state index in [1.807, 2.05) is 47.8 Å². The molecule has 4 heterocycles. The highest BCUT2D eigenvalue weighted by atomic mass is 32.1. The van der Waals surface area contributed by atoms with Gasteiger partial charge in [0.05, 0.1) is 12.6 Å². The number of carbonyl (C=O) groups excluding carboxylic acids is 1. The maximum absolute atomic E-state index is 13.4. The number of carbonyl (C=O) groups is 1. The van der Waals surface area contributed by atoms with Crippen molar-refractivity contribution in [2.75, 3.05) is 6.54 Å². The zero-order valence-electron chi connectivity index (χ0n) is 17.2. The first-order valence-electron chi connectivity index (χ1n) is 10.3. The molecular weight excluding hydrogens is 442 g/mol. The first kappa shape index (κ1) is 20.7. The Bertz CT molecular complexity index is 1350. The zero-order chi connectivity index (χ0) is 22.1. The molecule has 0 spiro atoms. The van der Waals surface area contributed by atoms with Crippen LogP contribution in [0.3, 0.4) is 0 Å². The summed E-state index contributed by atoms with van der Waals surface area (Å²) >= 11 is 3.32. The van der Waals surface area contributed by atoms with Gasteiger partial charge in [0, 0.05) is 28.6 Å². The number of fused-ring (bicyclic) bond motifs is 1. The van der Waals surface area contributed by atoms with E-state index in [4.69, 9.17) is 0 Å². The van der Waals surface area contributed by atoms with Crippen LogP contribution in [0, 0.1) is 0 Å². The van der Waals surface area contributed by atoms with E-state index in [0.717, 1.165) is 27.0 Å². The molecule has 0 saturated carbocycles. The van der Waals surface area contributed by atoms with Crippen LogP contribution in [0.15, 0.2) is 81.1 Å². The Morgan fingerprint density at radius 2 is 1.81 bits per heavy atom. The van der Waals surface area contributed by atoms with Gasteiger partial charge in [0.15, 0.2) is 0 Å². The fourth-order valence-electron chi connectivity index (χ4n) is 4.17. The van der Waals surface area contributed by atoms with Crippen LogP contribution >= 0.6 is 22.7 Å². The third-order valence-electron chi connectivity index (χ3n) is 5.73. The second-order valence-electron chi connectivity index (χ2n) is 7.69. The fourth-order valence-corrected chi connectivity index (χ4v) is 5.93. The van der Waals surface area contributed by atoms with Gasteiger partial charge in [-0.15, -0.1) is 22.7 Å². The topological polar surface area (TPSA) is 64.3 Å². The molecule has 1 unspecified atom stereocenters. The first-order valence-corrected chi connectivity index (χ1v) is 12.1. The Labute approximate surface area is 192 Å².